The lowest BCUT2D eigenvalue weighted by atomic mass is 9.98. The van der Waals surface area contributed by atoms with E-state index in [9.17, 15) is 0 Å². The quantitative estimate of drug-likeness (QED) is 0.166. The molecule has 0 N–H and O–H groups in total. The van der Waals surface area contributed by atoms with E-state index in [0.717, 1.165) is 50.1 Å². The van der Waals surface area contributed by atoms with E-state index in [0.29, 0.717) is 0 Å². The Hall–Kier alpha value is -7.16. The average molecular weight is 690 g/mol. The van der Waals surface area contributed by atoms with Crippen molar-refractivity contribution < 1.29 is 4.42 Å². The summed E-state index contributed by atoms with van der Waals surface area (Å²) in [4.78, 5) is 2.36. The number of furan rings is 1. The first-order valence-corrected chi connectivity index (χ1v) is 18.4. The summed E-state index contributed by atoms with van der Waals surface area (Å²) in [6, 6.07) is 75.8. The van der Waals surface area contributed by atoms with Crippen LogP contribution in [0.2, 0.25) is 0 Å². The molecule has 0 atom stereocenters. The zero-order valence-electron chi connectivity index (χ0n) is 29.6. The van der Waals surface area contributed by atoms with E-state index in [1.165, 1.54) is 44.2 Å². The Morgan fingerprint density at radius 1 is 0.315 bits per heavy atom. The van der Waals surface area contributed by atoms with Crippen molar-refractivity contribution in [3.8, 4) is 44.5 Å². The molecule has 0 radical (unpaired) electrons. The van der Waals surface area contributed by atoms with Gasteiger partial charge in [0.05, 0.1) is 5.69 Å². The molecule has 9 aromatic carbocycles. The second-order valence-corrected chi connectivity index (χ2v) is 13.7. The Morgan fingerprint density at radius 2 is 0.833 bits per heavy atom. The van der Waals surface area contributed by atoms with E-state index in [1.807, 2.05) is 12.1 Å². The fourth-order valence-corrected chi connectivity index (χ4v) is 7.75. The van der Waals surface area contributed by atoms with Crippen molar-refractivity contribution >= 4 is 49.8 Å². The van der Waals surface area contributed by atoms with Crippen molar-refractivity contribution in [2.24, 2.45) is 0 Å². The number of anilines is 3. The molecular weight excluding hydrogens is 655 g/mol. The number of nitrogens with zero attached hydrogens (tertiary/aromatic N) is 1. The number of benzene rings is 9. The molecule has 0 saturated carbocycles. The first kappa shape index (κ1) is 31.6. The average Bonchev–Trinajstić information content (AvgIpc) is 3.64. The molecule has 0 fully saturated rings. The molecule has 0 aliphatic carbocycles. The van der Waals surface area contributed by atoms with E-state index >= 15 is 0 Å². The highest BCUT2D eigenvalue weighted by Crippen LogP contribution is 2.43. The van der Waals surface area contributed by atoms with Gasteiger partial charge in [-0.1, -0.05) is 170 Å². The van der Waals surface area contributed by atoms with E-state index in [2.05, 4.69) is 205 Å². The largest absolute Gasteiger partial charge is 0.455 e. The Morgan fingerprint density at radius 3 is 1.59 bits per heavy atom. The molecule has 0 aliphatic rings. The van der Waals surface area contributed by atoms with E-state index in [4.69, 9.17) is 4.42 Å². The van der Waals surface area contributed by atoms with Crippen LogP contribution in [0.25, 0.3) is 77.2 Å². The smallest absolute Gasteiger partial charge is 0.143 e. The van der Waals surface area contributed by atoms with Crippen LogP contribution in [0, 0.1) is 0 Å². The molecular formula is C52H35NO. The standard InChI is InChI=1S/C52H35NO/c1-2-12-40(13-3-1)46-15-6-8-19-50(46)53(45-33-29-41(30-34-45)47-17-10-18-49-48-16-7-9-20-51(48)54-52(47)49)44-31-27-38(28-32-44)37-21-23-39(24-22-37)43-26-25-36-11-4-5-14-42(36)35-43/h1-35H. The molecule has 0 bridgehead atoms. The molecule has 2 nitrogen and oxygen atoms in total. The predicted octanol–water partition coefficient (Wildman–Crippen LogP) is 14.9. The number of para-hydroxylation sites is 3. The summed E-state index contributed by atoms with van der Waals surface area (Å²) >= 11 is 0. The summed E-state index contributed by atoms with van der Waals surface area (Å²) in [5, 5.41) is 4.79. The van der Waals surface area contributed by atoms with Crippen LogP contribution < -0.4 is 4.90 Å². The van der Waals surface area contributed by atoms with Gasteiger partial charge in [-0.2, -0.15) is 0 Å². The fourth-order valence-electron chi connectivity index (χ4n) is 7.75. The van der Waals surface area contributed by atoms with Crippen molar-refractivity contribution in [2.45, 2.75) is 0 Å². The van der Waals surface area contributed by atoms with Gasteiger partial charge >= 0.3 is 0 Å². The van der Waals surface area contributed by atoms with Crippen LogP contribution in [0.15, 0.2) is 217 Å². The van der Waals surface area contributed by atoms with Crippen molar-refractivity contribution in [1.82, 2.24) is 0 Å². The zero-order chi connectivity index (χ0) is 35.8. The summed E-state index contributed by atoms with van der Waals surface area (Å²) in [6.07, 6.45) is 0. The van der Waals surface area contributed by atoms with Gasteiger partial charge < -0.3 is 9.32 Å². The molecule has 0 aliphatic heterocycles. The second kappa shape index (κ2) is 13.4. The lowest BCUT2D eigenvalue weighted by molar-refractivity contribution is 0.670. The van der Waals surface area contributed by atoms with Crippen LogP contribution in [0.4, 0.5) is 17.1 Å². The first-order chi connectivity index (χ1) is 26.8. The van der Waals surface area contributed by atoms with Gasteiger partial charge in [0.15, 0.2) is 0 Å². The molecule has 0 saturated heterocycles. The van der Waals surface area contributed by atoms with Gasteiger partial charge in [-0.05, 0) is 86.6 Å². The normalized spacial score (nSPS) is 11.3. The van der Waals surface area contributed by atoms with Crippen LogP contribution in [0.5, 0.6) is 0 Å². The van der Waals surface area contributed by atoms with Gasteiger partial charge in [0.1, 0.15) is 11.2 Å². The zero-order valence-corrected chi connectivity index (χ0v) is 29.6. The molecule has 254 valence electrons. The first-order valence-electron chi connectivity index (χ1n) is 18.4. The van der Waals surface area contributed by atoms with Gasteiger partial charge in [-0.15, -0.1) is 0 Å². The number of hydrogen-bond acceptors (Lipinski definition) is 2. The van der Waals surface area contributed by atoms with Crippen molar-refractivity contribution in [3.63, 3.8) is 0 Å². The summed E-state index contributed by atoms with van der Waals surface area (Å²) in [7, 11) is 0. The summed E-state index contributed by atoms with van der Waals surface area (Å²) in [5.41, 5.74) is 14.4. The summed E-state index contributed by atoms with van der Waals surface area (Å²) in [5.74, 6) is 0. The lowest BCUT2D eigenvalue weighted by Crippen LogP contribution is -2.11. The van der Waals surface area contributed by atoms with Crippen molar-refractivity contribution in [1.29, 1.82) is 0 Å². The van der Waals surface area contributed by atoms with Gasteiger partial charge in [0.25, 0.3) is 0 Å². The summed E-state index contributed by atoms with van der Waals surface area (Å²) in [6.45, 7) is 0. The second-order valence-electron chi connectivity index (χ2n) is 13.7. The van der Waals surface area contributed by atoms with E-state index in [1.54, 1.807) is 0 Å². The van der Waals surface area contributed by atoms with Gasteiger partial charge in [0, 0.05) is 33.3 Å². The Bertz CT molecular complexity index is 2900. The maximum absolute atomic E-state index is 6.40. The fraction of sp³-hybridized carbons (Fsp3) is 0. The van der Waals surface area contributed by atoms with Gasteiger partial charge in [-0.3, -0.25) is 0 Å². The highest BCUT2D eigenvalue weighted by atomic mass is 16.3. The van der Waals surface area contributed by atoms with Gasteiger partial charge in [0.2, 0.25) is 0 Å². The Balaban J connectivity index is 1.02. The third kappa shape index (κ3) is 5.71. The highest BCUT2D eigenvalue weighted by Gasteiger charge is 2.18. The van der Waals surface area contributed by atoms with Gasteiger partial charge in [-0.25, -0.2) is 0 Å². The minimum Gasteiger partial charge on any atom is -0.455 e. The molecule has 10 aromatic rings. The molecule has 0 unspecified atom stereocenters. The van der Waals surface area contributed by atoms with Crippen LogP contribution >= 0.6 is 0 Å². The number of hydrogen-bond donors (Lipinski definition) is 0. The molecule has 1 heterocycles. The van der Waals surface area contributed by atoms with Crippen molar-refractivity contribution in [2.75, 3.05) is 4.90 Å². The molecule has 0 amide bonds. The topological polar surface area (TPSA) is 16.4 Å². The highest BCUT2D eigenvalue weighted by molar-refractivity contribution is 6.09. The molecule has 0 spiro atoms. The number of fused-ring (bicyclic) bond motifs is 4. The molecule has 10 rings (SSSR count). The predicted molar refractivity (Wildman–Crippen MR) is 228 cm³/mol. The van der Waals surface area contributed by atoms with Crippen LogP contribution in [0.3, 0.4) is 0 Å². The van der Waals surface area contributed by atoms with Crippen LogP contribution in [-0.4, -0.2) is 0 Å². The maximum Gasteiger partial charge on any atom is 0.143 e. The minimum absolute atomic E-state index is 0.907. The Kier molecular flexibility index (Phi) is 7.85. The summed E-state index contributed by atoms with van der Waals surface area (Å²) < 4.78 is 6.40. The Labute approximate surface area is 314 Å². The van der Waals surface area contributed by atoms with Crippen LogP contribution in [0.1, 0.15) is 0 Å². The molecule has 1 aromatic heterocycles. The van der Waals surface area contributed by atoms with E-state index < -0.39 is 0 Å². The SMILES string of the molecule is c1ccc(-c2ccccc2N(c2ccc(-c3ccc(-c4ccc5ccccc5c4)cc3)cc2)c2ccc(-c3cccc4c3oc3ccccc34)cc2)cc1. The van der Waals surface area contributed by atoms with E-state index in [-0.39, 0.29) is 0 Å². The number of rotatable bonds is 7. The third-order valence-electron chi connectivity index (χ3n) is 10.5. The lowest BCUT2D eigenvalue weighted by Gasteiger charge is -2.28. The monoisotopic (exact) mass is 689 g/mol. The molecule has 2 heteroatoms. The minimum atomic E-state index is 0.907. The maximum atomic E-state index is 6.40. The molecule has 54 heavy (non-hydrogen) atoms. The van der Waals surface area contributed by atoms with Crippen LogP contribution in [-0.2, 0) is 0 Å². The third-order valence-corrected chi connectivity index (χ3v) is 10.5. The van der Waals surface area contributed by atoms with Crippen molar-refractivity contribution in [3.05, 3.63) is 212 Å².